The zero-order chi connectivity index (χ0) is 21.6. The van der Waals surface area contributed by atoms with Crippen LogP contribution in [0.15, 0.2) is 42.5 Å². The van der Waals surface area contributed by atoms with E-state index < -0.39 is 17.2 Å². The van der Waals surface area contributed by atoms with Crippen molar-refractivity contribution in [3.63, 3.8) is 0 Å². The van der Waals surface area contributed by atoms with Gasteiger partial charge in [-0.2, -0.15) is 0 Å². The van der Waals surface area contributed by atoms with Gasteiger partial charge >= 0.3 is 0 Å². The van der Waals surface area contributed by atoms with Crippen LogP contribution < -0.4 is 4.74 Å². The molecule has 0 amide bonds. The van der Waals surface area contributed by atoms with Crippen molar-refractivity contribution in [1.82, 2.24) is 0 Å². The summed E-state index contributed by atoms with van der Waals surface area (Å²) in [5.41, 5.74) is 3.88. The van der Waals surface area contributed by atoms with Crippen LogP contribution in [0.3, 0.4) is 0 Å². The molecular weight excluding hydrogens is 384 g/mol. The monoisotopic (exact) mass is 408 g/mol. The lowest BCUT2D eigenvalue weighted by atomic mass is 9.74. The van der Waals surface area contributed by atoms with Gasteiger partial charge in [0.2, 0.25) is 0 Å². The summed E-state index contributed by atoms with van der Waals surface area (Å²) in [4.78, 5) is 0. The molecule has 1 aliphatic rings. The molecule has 6 heteroatoms. The topological polar surface area (TPSA) is 110 Å². The van der Waals surface area contributed by atoms with E-state index in [1.165, 1.54) is 12.1 Å². The van der Waals surface area contributed by atoms with Gasteiger partial charge < -0.3 is 30.3 Å². The number of rotatable bonds is 3. The highest BCUT2D eigenvalue weighted by atomic mass is 16.5. The molecule has 30 heavy (non-hydrogen) atoms. The first kappa shape index (κ1) is 19.8. The third kappa shape index (κ3) is 3.14. The lowest BCUT2D eigenvalue weighted by molar-refractivity contribution is 0.244. The Labute approximate surface area is 174 Å². The maximum Gasteiger partial charge on any atom is 0.200 e. The first-order chi connectivity index (χ1) is 14.3. The van der Waals surface area contributed by atoms with Crippen molar-refractivity contribution < 1.29 is 30.3 Å². The average molecular weight is 408 g/mol. The minimum Gasteiger partial charge on any atom is -0.508 e. The first-order valence-electron chi connectivity index (χ1n) is 9.83. The highest BCUT2D eigenvalue weighted by Gasteiger charge is 2.36. The van der Waals surface area contributed by atoms with Gasteiger partial charge in [-0.05, 0) is 60.4 Å². The second-order valence-electron chi connectivity index (χ2n) is 7.68. The molecule has 1 aliphatic heterocycles. The van der Waals surface area contributed by atoms with Crippen LogP contribution in [0.2, 0.25) is 0 Å². The van der Waals surface area contributed by atoms with Crippen molar-refractivity contribution in [2.45, 2.75) is 32.1 Å². The fourth-order valence-corrected chi connectivity index (χ4v) is 4.29. The van der Waals surface area contributed by atoms with Gasteiger partial charge in [0.25, 0.3) is 0 Å². The van der Waals surface area contributed by atoms with Crippen molar-refractivity contribution in [2.24, 2.45) is 0 Å². The van der Waals surface area contributed by atoms with Gasteiger partial charge in [-0.3, -0.25) is 0 Å². The SMILES string of the molecule is CCc1cc2c(c(C)c1O)OCC(c1cc(O)c(O)c(O)c1)C2c1ccc(O)cc1. The van der Waals surface area contributed by atoms with Crippen LogP contribution in [0.4, 0.5) is 0 Å². The summed E-state index contributed by atoms with van der Waals surface area (Å²) in [5.74, 6) is -0.891. The van der Waals surface area contributed by atoms with E-state index in [0.29, 0.717) is 23.3 Å². The van der Waals surface area contributed by atoms with Gasteiger partial charge in [-0.1, -0.05) is 19.1 Å². The van der Waals surface area contributed by atoms with Crippen LogP contribution in [0, 0.1) is 6.92 Å². The van der Waals surface area contributed by atoms with Crippen molar-refractivity contribution in [1.29, 1.82) is 0 Å². The van der Waals surface area contributed by atoms with Crippen LogP contribution in [0.5, 0.6) is 34.5 Å². The minimum atomic E-state index is -0.564. The number of hydrogen-bond acceptors (Lipinski definition) is 6. The number of phenols is 5. The van der Waals surface area contributed by atoms with Crippen molar-refractivity contribution in [3.05, 3.63) is 70.3 Å². The lowest BCUT2D eigenvalue weighted by Gasteiger charge is -2.36. The van der Waals surface area contributed by atoms with E-state index in [1.807, 2.05) is 32.0 Å². The Morgan fingerprint density at radius 2 is 1.50 bits per heavy atom. The largest absolute Gasteiger partial charge is 0.508 e. The summed E-state index contributed by atoms with van der Waals surface area (Å²) in [6.07, 6.45) is 0.647. The molecule has 0 spiro atoms. The molecule has 2 atom stereocenters. The molecule has 0 aromatic heterocycles. The molecule has 0 aliphatic carbocycles. The molecule has 3 aromatic rings. The number of benzene rings is 3. The molecule has 156 valence electrons. The number of fused-ring (bicyclic) bond motifs is 1. The van der Waals surface area contributed by atoms with E-state index in [9.17, 15) is 25.5 Å². The Bertz CT molecular complexity index is 1080. The van der Waals surface area contributed by atoms with E-state index in [0.717, 1.165) is 16.7 Å². The van der Waals surface area contributed by atoms with Crippen LogP contribution in [0.1, 0.15) is 46.6 Å². The van der Waals surface area contributed by atoms with Gasteiger partial charge in [0.05, 0.1) is 6.61 Å². The van der Waals surface area contributed by atoms with E-state index in [2.05, 4.69) is 0 Å². The molecule has 2 unspecified atom stereocenters. The van der Waals surface area contributed by atoms with Crippen molar-refractivity contribution in [3.8, 4) is 34.5 Å². The van der Waals surface area contributed by atoms with E-state index >= 15 is 0 Å². The Morgan fingerprint density at radius 3 is 2.10 bits per heavy atom. The predicted molar refractivity (Wildman–Crippen MR) is 112 cm³/mol. The smallest absolute Gasteiger partial charge is 0.200 e. The summed E-state index contributed by atoms with van der Waals surface area (Å²) in [7, 11) is 0. The lowest BCUT2D eigenvalue weighted by Crippen LogP contribution is -2.26. The van der Waals surface area contributed by atoms with Gasteiger partial charge in [0, 0.05) is 23.0 Å². The molecule has 0 bridgehead atoms. The number of ether oxygens (including phenoxy) is 1. The number of aromatic hydroxyl groups is 5. The number of phenolic OH excluding ortho intramolecular Hbond substituents is 5. The summed E-state index contributed by atoms with van der Waals surface area (Å²) in [6, 6.07) is 11.7. The molecule has 0 radical (unpaired) electrons. The molecule has 0 saturated heterocycles. The first-order valence-corrected chi connectivity index (χ1v) is 9.83. The average Bonchev–Trinajstić information content (AvgIpc) is 2.74. The third-order valence-corrected chi connectivity index (χ3v) is 5.89. The van der Waals surface area contributed by atoms with E-state index in [4.69, 9.17) is 4.74 Å². The minimum absolute atomic E-state index is 0.152. The second kappa shape index (κ2) is 7.37. The van der Waals surface area contributed by atoms with Crippen LogP contribution >= 0.6 is 0 Å². The Hall–Kier alpha value is -3.54. The molecule has 5 N–H and O–H groups in total. The van der Waals surface area contributed by atoms with Gasteiger partial charge in [-0.25, -0.2) is 0 Å². The highest BCUT2D eigenvalue weighted by molar-refractivity contribution is 5.60. The Morgan fingerprint density at radius 1 is 0.867 bits per heavy atom. The molecule has 4 rings (SSSR count). The molecule has 0 saturated carbocycles. The molecular formula is C24H24O6. The zero-order valence-electron chi connectivity index (χ0n) is 16.8. The fourth-order valence-electron chi connectivity index (χ4n) is 4.29. The fraction of sp³-hybridized carbons (Fsp3) is 0.250. The Balaban J connectivity index is 1.94. The predicted octanol–water partition coefficient (Wildman–Crippen LogP) is 4.39. The summed E-state index contributed by atoms with van der Waals surface area (Å²) >= 11 is 0. The van der Waals surface area contributed by atoms with Crippen molar-refractivity contribution in [2.75, 3.05) is 6.61 Å². The molecule has 0 fully saturated rings. The van der Waals surface area contributed by atoms with Gasteiger partial charge in [0.1, 0.15) is 17.2 Å². The maximum atomic E-state index is 10.5. The molecule has 3 aromatic carbocycles. The normalized spacial score (nSPS) is 17.9. The quantitative estimate of drug-likeness (QED) is 0.411. The molecule has 1 heterocycles. The van der Waals surface area contributed by atoms with Gasteiger partial charge in [0.15, 0.2) is 17.2 Å². The summed E-state index contributed by atoms with van der Waals surface area (Å²) in [6.45, 7) is 4.03. The third-order valence-electron chi connectivity index (χ3n) is 5.89. The standard InChI is InChI=1S/C24H24O6/c1-3-13-8-17-21(14-4-6-16(25)7-5-14)18(11-30-24(17)12(2)22(13)28)15-9-19(26)23(29)20(27)10-15/h4-10,18,21,25-29H,3,11H2,1-2H3. The summed E-state index contributed by atoms with van der Waals surface area (Å²) < 4.78 is 6.05. The van der Waals surface area contributed by atoms with Crippen LogP contribution in [-0.2, 0) is 6.42 Å². The van der Waals surface area contributed by atoms with E-state index in [1.54, 1.807) is 12.1 Å². The molecule has 6 nitrogen and oxygen atoms in total. The highest BCUT2D eigenvalue weighted by Crippen LogP contribution is 2.51. The van der Waals surface area contributed by atoms with Crippen LogP contribution in [-0.4, -0.2) is 32.1 Å². The number of aryl methyl sites for hydroxylation is 1. The Kier molecular flexibility index (Phi) is 4.86. The summed E-state index contributed by atoms with van der Waals surface area (Å²) in [5, 5.41) is 50.1. The number of hydrogen-bond donors (Lipinski definition) is 5. The van der Waals surface area contributed by atoms with Crippen molar-refractivity contribution >= 4 is 0 Å². The van der Waals surface area contributed by atoms with Gasteiger partial charge in [-0.15, -0.1) is 0 Å². The van der Waals surface area contributed by atoms with E-state index in [-0.39, 0.29) is 29.9 Å². The second-order valence-corrected chi connectivity index (χ2v) is 7.68. The van der Waals surface area contributed by atoms with Crippen LogP contribution in [0.25, 0.3) is 0 Å². The maximum absolute atomic E-state index is 10.5. The zero-order valence-corrected chi connectivity index (χ0v) is 16.8.